The van der Waals surface area contributed by atoms with E-state index in [9.17, 15) is 4.79 Å². The smallest absolute Gasteiger partial charge is 0.225 e. The maximum Gasteiger partial charge on any atom is 0.225 e. The van der Waals surface area contributed by atoms with E-state index in [0.717, 1.165) is 5.16 Å². The maximum atomic E-state index is 11.8. The molecule has 0 atom stereocenters. The van der Waals surface area contributed by atoms with Crippen LogP contribution < -0.4 is 5.32 Å². The minimum atomic E-state index is -0.0617. The van der Waals surface area contributed by atoms with E-state index in [2.05, 4.69) is 20.8 Å². The molecule has 0 saturated carbocycles. The van der Waals surface area contributed by atoms with E-state index >= 15 is 0 Å². The number of anilines is 1. The number of thioether (sulfide) groups is 1. The zero-order valence-electron chi connectivity index (χ0n) is 11.8. The van der Waals surface area contributed by atoms with Crippen LogP contribution in [0.5, 0.6) is 0 Å². The topological polar surface area (TPSA) is 72.7 Å². The van der Waals surface area contributed by atoms with Crippen molar-refractivity contribution in [1.29, 1.82) is 0 Å². The highest BCUT2D eigenvalue weighted by molar-refractivity contribution is 7.99. The van der Waals surface area contributed by atoms with Gasteiger partial charge in [-0.3, -0.25) is 4.79 Å². The second kappa shape index (κ2) is 7.42. The van der Waals surface area contributed by atoms with E-state index in [1.807, 2.05) is 13.8 Å². The number of aromatic nitrogens is 4. The lowest BCUT2D eigenvalue weighted by Crippen LogP contribution is -2.12. The SMILES string of the molecule is CC(C)n1nnnc1SCCC(=O)Nc1cccc(Cl)c1. The number of hydrogen-bond acceptors (Lipinski definition) is 5. The van der Waals surface area contributed by atoms with Crippen molar-refractivity contribution in [3.63, 3.8) is 0 Å². The first-order chi connectivity index (χ1) is 10.1. The van der Waals surface area contributed by atoms with Crippen LogP contribution in [0.25, 0.3) is 0 Å². The van der Waals surface area contributed by atoms with Crippen molar-refractivity contribution in [2.24, 2.45) is 0 Å². The van der Waals surface area contributed by atoms with Gasteiger partial charge in [-0.15, -0.1) is 5.10 Å². The Morgan fingerprint density at radius 1 is 1.48 bits per heavy atom. The van der Waals surface area contributed by atoms with E-state index in [4.69, 9.17) is 11.6 Å². The number of amides is 1. The molecule has 6 nitrogen and oxygen atoms in total. The standard InChI is InChI=1S/C13H16ClN5OS/c1-9(2)19-13(16-17-18-19)21-7-6-12(20)15-11-5-3-4-10(14)8-11/h3-5,8-9H,6-7H2,1-2H3,(H,15,20). The minimum absolute atomic E-state index is 0.0617. The van der Waals surface area contributed by atoms with Gasteiger partial charge in [0, 0.05) is 22.9 Å². The summed E-state index contributed by atoms with van der Waals surface area (Å²) >= 11 is 7.33. The van der Waals surface area contributed by atoms with E-state index in [1.165, 1.54) is 11.8 Å². The molecular formula is C13H16ClN5OS. The quantitative estimate of drug-likeness (QED) is 0.826. The molecule has 1 aromatic carbocycles. The first kappa shape index (κ1) is 15.8. The summed E-state index contributed by atoms with van der Waals surface area (Å²) in [5, 5.41) is 15.6. The van der Waals surface area contributed by atoms with Crippen LogP contribution in [-0.2, 0) is 4.79 Å². The lowest BCUT2D eigenvalue weighted by Gasteiger charge is -2.07. The predicted molar refractivity (Wildman–Crippen MR) is 83.6 cm³/mol. The summed E-state index contributed by atoms with van der Waals surface area (Å²) in [5.41, 5.74) is 0.699. The normalized spacial score (nSPS) is 10.9. The van der Waals surface area contributed by atoms with Gasteiger partial charge in [0.15, 0.2) is 0 Å². The van der Waals surface area contributed by atoms with Crippen molar-refractivity contribution in [2.75, 3.05) is 11.1 Å². The van der Waals surface area contributed by atoms with Crippen LogP contribution in [0.15, 0.2) is 29.4 Å². The molecule has 1 heterocycles. The van der Waals surface area contributed by atoms with Crippen LogP contribution in [-0.4, -0.2) is 31.9 Å². The Labute approximate surface area is 132 Å². The molecule has 0 bridgehead atoms. The molecule has 1 amide bonds. The Balaban J connectivity index is 1.80. The summed E-state index contributed by atoms with van der Waals surface area (Å²) in [4.78, 5) is 11.8. The molecule has 8 heteroatoms. The fourth-order valence-electron chi connectivity index (χ4n) is 1.63. The van der Waals surface area contributed by atoms with Gasteiger partial charge >= 0.3 is 0 Å². The molecule has 0 unspecified atom stereocenters. The highest BCUT2D eigenvalue weighted by Gasteiger charge is 2.10. The molecule has 0 aliphatic carbocycles. The minimum Gasteiger partial charge on any atom is -0.326 e. The number of carbonyl (C=O) groups excluding carboxylic acids is 1. The van der Waals surface area contributed by atoms with Crippen molar-refractivity contribution < 1.29 is 4.79 Å². The molecule has 0 aliphatic rings. The molecule has 2 aromatic rings. The van der Waals surface area contributed by atoms with E-state index < -0.39 is 0 Å². The fraction of sp³-hybridized carbons (Fsp3) is 0.385. The van der Waals surface area contributed by atoms with Gasteiger partial charge in [0.25, 0.3) is 0 Å². The molecule has 0 aliphatic heterocycles. The third-order valence-corrected chi connectivity index (χ3v) is 3.79. The van der Waals surface area contributed by atoms with Crippen LogP contribution in [0.4, 0.5) is 5.69 Å². The van der Waals surface area contributed by atoms with Gasteiger partial charge in [0.05, 0.1) is 6.04 Å². The second-order valence-corrected chi connectivity index (χ2v) is 6.16. The fourth-order valence-corrected chi connectivity index (χ4v) is 2.76. The molecular weight excluding hydrogens is 310 g/mol. The average molecular weight is 326 g/mol. The number of halogens is 1. The summed E-state index contributed by atoms with van der Waals surface area (Å²) in [5.74, 6) is 0.549. The first-order valence-corrected chi connectivity index (χ1v) is 7.88. The Morgan fingerprint density at radius 2 is 2.29 bits per heavy atom. The third-order valence-electron chi connectivity index (χ3n) is 2.62. The van der Waals surface area contributed by atoms with Crippen molar-refractivity contribution in [1.82, 2.24) is 20.2 Å². The summed E-state index contributed by atoms with van der Waals surface area (Å²) in [7, 11) is 0. The molecule has 0 radical (unpaired) electrons. The molecule has 0 spiro atoms. The Hall–Kier alpha value is -1.60. The zero-order chi connectivity index (χ0) is 15.2. The number of rotatable bonds is 6. The van der Waals surface area contributed by atoms with Gasteiger partial charge < -0.3 is 5.32 Å². The highest BCUT2D eigenvalue weighted by Crippen LogP contribution is 2.19. The summed E-state index contributed by atoms with van der Waals surface area (Å²) in [6.45, 7) is 4.01. The molecule has 1 N–H and O–H groups in total. The molecule has 2 rings (SSSR count). The van der Waals surface area contributed by atoms with Gasteiger partial charge in [-0.2, -0.15) is 0 Å². The molecule has 21 heavy (non-hydrogen) atoms. The maximum absolute atomic E-state index is 11.8. The summed E-state index contributed by atoms with van der Waals surface area (Å²) in [6, 6.07) is 7.27. The van der Waals surface area contributed by atoms with Crippen molar-refractivity contribution >= 4 is 35.0 Å². The van der Waals surface area contributed by atoms with Crippen molar-refractivity contribution in [3.8, 4) is 0 Å². The van der Waals surface area contributed by atoms with Gasteiger partial charge in [0.1, 0.15) is 0 Å². The van der Waals surface area contributed by atoms with Crippen LogP contribution in [0, 0.1) is 0 Å². The number of nitrogens with zero attached hydrogens (tertiary/aromatic N) is 4. The lowest BCUT2D eigenvalue weighted by atomic mass is 10.3. The van der Waals surface area contributed by atoms with Crippen molar-refractivity contribution in [2.45, 2.75) is 31.5 Å². The van der Waals surface area contributed by atoms with E-state index in [1.54, 1.807) is 28.9 Å². The van der Waals surface area contributed by atoms with Gasteiger partial charge in [-0.05, 0) is 42.5 Å². The van der Waals surface area contributed by atoms with Gasteiger partial charge in [-0.1, -0.05) is 29.4 Å². The third kappa shape index (κ3) is 4.71. The predicted octanol–water partition coefficient (Wildman–Crippen LogP) is 3.03. The molecule has 1 aromatic heterocycles. The molecule has 112 valence electrons. The van der Waals surface area contributed by atoms with Crippen LogP contribution in [0.3, 0.4) is 0 Å². The number of carbonyl (C=O) groups is 1. The second-order valence-electron chi connectivity index (χ2n) is 4.66. The number of nitrogens with one attached hydrogen (secondary N) is 1. The lowest BCUT2D eigenvalue weighted by molar-refractivity contribution is -0.115. The number of hydrogen-bond donors (Lipinski definition) is 1. The zero-order valence-corrected chi connectivity index (χ0v) is 13.4. The van der Waals surface area contributed by atoms with Crippen molar-refractivity contribution in [3.05, 3.63) is 29.3 Å². The summed E-state index contributed by atoms with van der Waals surface area (Å²) in [6.07, 6.45) is 0.377. The largest absolute Gasteiger partial charge is 0.326 e. The molecule has 0 saturated heterocycles. The monoisotopic (exact) mass is 325 g/mol. The highest BCUT2D eigenvalue weighted by atomic mass is 35.5. The van der Waals surface area contributed by atoms with E-state index in [-0.39, 0.29) is 11.9 Å². The Bertz CT molecular complexity index is 616. The van der Waals surface area contributed by atoms with Crippen LogP contribution in [0.2, 0.25) is 5.02 Å². The number of tetrazole rings is 1. The number of benzene rings is 1. The van der Waals surface area contributed by atoms with Gasteiger partial charge in [0.2, 0.25) is 11.1 Å². The Kier molecular flexibility index (Phi) is 5.58. The average Bonchev–Trinajstić information content (AvgIpc) is 2.87. The van der Waals surface area contributed by atoms with Gasteiger partial charge in [-0.25, -0.2) is 4.68 Å². The van der Waals surface area contributed by atoms with Crippen LogP contribution >= 0.6 is 23.4 Å². The van der Waals surface area contributed by atoms with Crippen LogP contribution in [0.1, 0.15) is 26.3 Å². The Morgan fingerprint density at radius 3 is 3.00 bits per heavy atom. The molecule has 0 fully saturated rings. The van der Waals surface area contributed by atoms with E-state index in [0.29, 0.717) is 22.9 Å². The first-order valence-electron chi connectivity index (χ1n) is 6.52. The summed E-state index contributed by atoms with van der Waals surface area (Å²) < 4.78 is 1.74.